The average Bonchev–Trinajstić information content (AvgIpc) is 3.25. The number of para-hydroxylation sites is 1. The van der Waals surface area contributed by atoms with Crippen LogP contribution >= 0.6 is 0 Å². The molecule has 3 amide bonds. The molecule has 1 aliphatic carbocycles. The predicted octanol–water partition coefficient (Wildman–Crippen LogP) is 0.832. The Bertz CT molecular complexity index is 1010. The molecule has 8 nitrogen and oxygen atoms in total. The molecule has 1 N–H and O–H groups in total. The monoisotopic (exact) mass is 382 g/mol. The number of amides is 3. The van der Waals surface area contributed by atoms with Crippen LogP contribution < -0.4 is 10.9 Å². The summed E-state index contributed by atoms with van der Waals surface area (Å²) in [6.45, 7) is 0.207. The molecular weight excluding hydrogens is 360 g/mol. The molecule has 28 heavy (non-hydrogen) atoms. The van der Waals surface area contributed by atoms with E-state index in [4.69, 9.17) is 0 Å². The molecule has 0 bridgehead atoms. The van der Waals surface area contributed by atoms with Gasteiger partial charge in [-0.2, -0.15) is 0 Å². The normalized spacial score (nSPS) is 18.4. The minimum Gasteiger partial charge on any atom is -0.353 e. The zero-order valence-electron chi connectivity index (χ0n) is 15.5. The number of rotatable bonds is 5. The Labute approximate surface area is 161 Å². The third-order valence-corrected chi connectivity index (χ3v) is 5.76. The maximum atomic E-state index is 12.6. The Balaban J connectivity index is 1.34. The summed E-state index contributed by atoms with van der Waals surface area (Å²) in [6, 6.07) is 7.07. The molecule has 4 rings (SSSR count). The quantitative estimate of drug-likeness (QED) is 0.772. The number of carbonyl (C=O) groups excluding carboxylic acids is 3. The van der Waals surface area contributed by atoms with Gasteiger partial charge in [-0.25, -0.2) is 4.98 Å². The fourth-order valence-corrected chi connectivity index (χ4v) is 4.24. The molecule has 2 aromatic rings. The predicted molar refractivity (Wildman–Crippen MR) is 101 cm³/mol. The van der Waals surface area contributed by atoms with E-state index in [1.54, 1.807) is 18.2 Å². The van der Waals surface area contributed by atoms with Gasteiger partial charge in [0, 0.05) is 19.5 Å². The van der Waals surface area contributed by atoms with E-state index in [1.807, 2.05) is 6.07 Å². The second kappa shape index (κ2) is 7.18. The zero-order valence-corrected chi connectivity index (χ0v) is 15.5. The molecule has 0 atom stereocenters. The number of hydrogen-bond acceptors (Lipinski definition) is 5. The van der Waals surface area contributed by atoms with Gasteiger partial charge in [0.05, 0.1) is 22.6 Å². The van der Waals surface area contributed by atoms with Gasteiger partial charge in [0.2, 0.25) is 17.7 Å². The number of hydrogen-bond donors (Lipinski definition) is 1. The smallest absolute Gasteiger partial charge is 0.261 e. The molecule has 0 radical (unpaired) electrons. The van der Waals surface area contributed by atoms with Crippen molar-refractivity contribution in [2.75, 3.05) is 13.1 Å². The standard InChI is InChI=1S/C20H22N4O4/c25-16(12-24-17(26)11-20(19(24)28)7-3-4-8-20)21-9-10-23-13-22-15-6-2-1-5-14(15)18(23)27/h1-2,5-6,13H,3-4,7-12H2,(H,21,25). The van der Waals surface area contributed by atoms with Crippen LogP contribution in [0.2, 0.25) is 0 Å². The number of likely N-dealkylation sites (tertiary alicyclic amines) is 1. The Morgan fingerprint density at radius 2 is 1.89 bits per heavy atom. The summed E-state index contributed by atoms with van der Waals surface area (Å²) in [7, 11) is 0. The third kappa shape index (κ3) is 3.19. The molecule has 0 unspecified atom stereocenters. The highest BCUT2D eigenvalue weighted by Crippen LogP contribution is 2.46. The number of fused-ring (bicyclic) bond motifs is 1. The largest absolute Gasteiger partial charge is 0.353 e. The number of carbonyl (C=O) groups is 3. The maximum Gasteiger partial charge on any atom is 0.261 e. The number of nitrogens with zero attached hydrogens (tertiary/aromatic N) is 3. The Kier molecular flexibility index (Phi) is 4.70. The van der Waals surface area contributed by atoms with E-state index < -0.39 is 11.3 Å². The Morgan fingerprint density at radius 3 is 2.68 bits per heavy atom. The van der Waals surface area contributed by atoms with Gasteiger partial charge in [-0.05, 0) is 25.0 Å². The lowest BCUT2D eigenvalue weighted by Gasteiger charge is -2.20. The van der Waals surface area contributed by atoms with Gasteiger partial charge in [-0.1, -0.05) is 25.0 Å². The van der Waals surface area contributed by atoms with Crippen molar-refractivity contribution in [1.82, 2.24) is 19.8 Å². The van der Waals surface area contributed by atoms with Crippen LogP contribution in [0.5, 0.6) is 0 Å². The van der Waals surface area contributed by atoms with Crippen LogP contribution in [-0.4, -0.2) is 45.3 Å². The molecule has 8 heteroatoms. The van der Waals surface area contributed by atoms with Crippen LogP contribution in [0.1, 0.15) is 32.1 Å². The van der Waals surface area contributed by atoms with Gasteiger partial charge in [0.25, 0.3) is 5.56 Å². The summed E-state index contributed by atoms with van der Waals surface area (Å²) in [5.74, 6) is -0.879. The van der Waals surface area contributed by atoms with Crippen LogP contribution in [0, 0.1) is 5.41 Å². The second-order valence-corrected chi connectivity index (χ2v) is 7.56. The van der Waals surface area contributed by atoms with E-state index in [-0.39, 0.29) is 43.4 Å². The molecule has 1 aliphatic heterocycles. The first kappa shape index (κ1) is 18.3. The molecule has 1 saturated heterocycles. The highest BCUT2D eigenvalue weighted by atomic mass is 16.2. The van der Waals surface area contributed by atoms with Crippen molar-refractivity contribution in [3.05, 3.63) is 40.9 Å². The van der Waals surface area contributed by atoms with Gasteiger partial charge in [0.15, 0.2) is 0 Å². The van der Waals surface area contributed by atoms with Crippen molar-refractivity contribution in [2.45, 2.75) is 38.6 Å². The van der Waals surface area contributed by atoms with Gasteiger partial charge in [0.1, 0.15) is 6.54 Å². The van der Waals surface area contributed by atoms with Gasteiger partial charge in [-0.3, -0.25) is 28.6 Å². The van der Waals surface area contributed by atoms with Crippen molar-refractivity contribution in [3.63, 3.8) is 0 Å². The SMILES string of the molecule is O=C(CN1C(=O)CC2(CCCC2)C1=O)NCCn1cnc2ccccc2c1=O. The van der Waals surface area contributed by atoms with E-state index in [1.165, 1.54) is 10.9 Å². The summed E-state index contributed by atoms with van der Waals surface area (Å²) >= 11 is 0. The number of aromatic nitrogens is 2. The number of nitrogens with one attached hydrogen (secondary N) is 1. The van der Waals surface area contributed by atoms with E-state index in [0.29, 0.717) is 10.9 Å². The van der Waals surface area contributed by atoms with Crippen molar-refractivity contribution in [1.29, 1.82) is 0 Å². The summed E-state index contributed by atoms with van der Waals surface area (Å²) < 4.78 is 1.43. The van der Waals surface area contributed by atoms with Crippen LogP contribution in [0.25, 0.3) is 10.9 Å². The molecule has 1 spiro atoms. The van der Waals surface area contributed by atoms with E-state index >= 15 is 0 Å². The van der Waals surface area contributed by atoms with Crippen molar-refractivity contribution < 1.29 is 14.4 Å². The summed E-state index contributed by atoms with van der Waals surface area (Å²) in [4.78, 5) is 54.8. The lowest BCUT2D eigenvalue weighted by atomic mass is 9.84. The third-order valence-electron chi connectivity index (χ3n) is 5.76. The first-order valence-corrected chi connectivity index (χ1v) is 9.56. The molecule has 2 aliphatic rings. The fourth-order valence-electron chi connectivity index (χ4n) is 4.24. The lowest BCUT2D eigenvalue weighted by molar-refractivity contribution is -0.144. The lowest BCUT2D eigenvalue weighted by Crippen LogP contribution is -2.43. The van der Waals surface area contributed by atoms with Crippen molar-refractivity contribution in [3.8, 4) is 0 Å². The minimum absolute atomic E-state index is 0.173. The number of imide groups is 1. The first-order chi connectivity index (χ1) is 13.5. The van der Waals surface area contributed by atoms with Crippen LogP contribution in [0.3, 0.4) is 0 Å². The molecule has 1 aromatic carbocycles. The topological polar surface area (TPSA) is 101 Å². The minimum atomic E-state index is -0.568. The Morgan fingerprint density at radius 1 is 1.14 bits per heavy atom. The molecule has 1 aromatic heterocycles. The van der Waals surface area contributed by atoms with Crippen LogP contribution in [0.4, 0.5) is 0 Å². The van der Waals surface area contributed by atoms with E-state index in [0.717, 1.165) is 30.6 Å². The maximum absolute atomic E-state index is 12.6. The highest BCUT2D eigenvalue weighted by Gasteiger charge is 2.52. The molecule has 1 saturated carbocycles. The van der Waals surface area contributed by atoms with E-state index in [9.17, 15) is 19.2 Å². The van der Waals surface area contributed by atoms with Crippen molar-refractivity contribution in [2.24, 2.45) is 5.41 Å². The first-order valence-electron chi connectivity index (χ1n) is 9.56. The van der Waals surface area contributed by atoms with Crippen molar-refractivity contribution >= 4 is 28.6 Å². The molecular formula is C20H22N4O4. The average molecular weight is 382 g/mol. The summed E-state index contributed by atoms with van der Waals surface area (Å²) in [6.07, 6.45) is 5.04. The fraction of sp³-hybridized carbons (Fsp3) is 0.450. The van der Waals surface area contributed by atoms with Crippen LogP contribution in [-0.2, 0) is 20.9 Å². The molecule has 2 fully saturated rings. The van der Waals surface area contributed by atoms with Crippen LogP contribution in [0.15, 0.2) is 35.4 Å². The Hall–Kier alpha value is -3.03. The zero-order chi connectivity index (χ0) is 19.7. The van der Waals surface area contributed by atoms with E-state index in [2.05, 4.69) is 10.3 Å². The highest BCUT2D eigenvalue weighted by molar-refractivity contribution is 6.08. The van der Waals surface area contributed by atoms with Gasteiger partial charge in [-0.15, -0.1) is 0 Å². The molecule has 146 valence electrons. The van der Waals surface area contributed by atoms with Gasteiger partial charge < -0.3 is 5.32 Å². The summed E-state index contributed by atoms with van der Waals surface area (Å²) in [5, 5.41) is 3.20. The summed E-state index contributed by atoms with van der Waals surface area (Å²) in [5.41, 5.74) is -0.117. The molecule has 2 heterocycles. The number of benzene rings is 1. The van der Waals surface area contributed by atoms with Gasteiger partial charge >= 0.3 is 0 Å². The second-order valence-electron chi connectivity index (χ2n) is 7.56.